The number of carbonyl (C=O) groups is 2. The molecule has 21 heavy (non-hydrogen) atoms. The lowest BCUT2D eigenvalue weighted by atomic mass is 10.0. The van der Waals surface area contributed by atoms with Crippen molar-refractivity contribution in [1.82, 2.24) is 5.32 Å². The van der Waals surface area contributed by atoms with Gasteiger partial charge in [-0.1, -0.05) is 11.6 Å². The molecule has 2 rings (SSSR count). The van der Waals surface area contributed by atoms with Gasteiger partial charge in [0.2, 0.25) is 5.91 Å². The van der Waals surface area contributed by atoms with Gasteiger partial charge in [-0.05, 0) is 37.5 Å². The lowest BCUT2D eigenvalue weighted by Gasteiger charge is -2.13. The van der Waals surface area contributed by atoms with E-state index in [-0.39, 0.29) is 12.2 Å². The van der Waals surface area contributed by atoms with Crippen molar-refractivity contribution in [3.8, 4) is 0 Å². The summed E-state index contributed by atoms with van der Waals surface area (Å²) in [6, 6.07) is 3.08. The van der Waals surface area contributed by atoms with Crippen LogP contribution in [0.1, 0.15) is 36.0 Å². The molecule has 1 atom stereocenters. The molecule has 1 aliphatic rings. The van der Waals surface area contributed by atoms with E-state index in [4.69, 9.17) is 0 Å². The second kappa shape index (κ2) is 5.87. The molecule has 0 aliphatic heterocycles. The van der Waals surface area contributed by atoms with Crippen LogP contribution in [-0.2, 0) is 22.2 Å². The Hall–Kier alpha value is -1.85. The zero-order chi connectivity index (χ0) is 15.6. The average molecular weight is 299 g/mol. The Balaban J connectivity index is 2.07. The molecule has 1 amide bonds. The molecule has 6 heteroatoms. The number of benzene rings is 1. The maximum absolute atomic E-state index is 12.7. The Kier molecular flexibility index (Phi) is 4.34. The number of rotatable bonds is 3. The summed E-state index contributed by atoms with van der Waals surface area (Å²) in [6.45, 7) is 1.55. The number of nitrogens with one attached hydrogen (secondary N) is 1. The summed E-state index contributed by atoms with van der Waals surface area (Å²) in [5.74, 6) is -0.433. The first-order valence-electron chi connectivity index (χ1n) is 6.75. The number of halogens is 3. The third kappa shape index (κ3) is 4.06. The van der Waals surface area contributed by atoms with Crippen molar-refractivity contribution in [2.45, 2.75) is 44.8 Å². The Labute approximate surface area is 120 Å². The first kappa shape index (κ1) is 15.5. The molecule has 3 nitrogen and oxygen atoms in total. The molecular formula is C15H16F3NO2. The monoisotopic (exact) mass is 299 g/mol. The summed E-state index contributed by atoms with van der Waals surface area (Å²) in [4.78, 5) is 23.3. The topological polar surface area (TPSA) is 46.2 Å². The lowest BCUT2D eigenvalue weighted by molar-refractivity contribution is -0.137. The highest BCUT2D eigenvalue weighted by molar-refractivity contribution is 5.91. The summed E-state index contributed by atoms with van der Waals surface area (Å²) < 4.78 is 38.2. The summed E-state index contributed by atoms with van der Waals surface area (Å²) in [6.07, 6.45) is -2.79. The van der Waals surface area contributed by atoms with Crippen molar-refractivity contribution < 1.29 is 22.8 Å². The van der Waals surface area contributed by atoms with Crippen LogP contribution in [0.4, 0.5) is 13.2 Å². The minimum Gasteiger partial charge on any atom is -0.346 e. The van der Waals surface area contributed by atoms with Crippen molar-refractivity contribution in [3.05, 3.63) is 34.9 Å². The summed E-state index contributed by atoms with van der Waals surface area (Å²) in [7, 11) is 0. The van der Waals surface area contributed by atoms with Gasteiger partial charge in [0.05, 0.1) is 18.0 Å². The number of alkyl halides is 3. The molecule has 0 heterocycles. The highest BCUT2D eigenvalue weighted by Gasteiger charge is 2.31. The number of hydrogen-bond donors (Lipinski definition) is 1. The number of carbonyl (C=O) groups excluding carboxylic acids is 2. The number of ketones is 1. The molecular weight excluding hydrogens is 283 g/mol. The molecule has 1 aliphatic carbocycles. The number of hydrogen-bond acceptors (Lipinski definition) is 2. The molecule has 1 aromatic rings. The van der Waals surface area contributed by atoms with Crippen LogP contribution >= 0.6 is 0 Å². The minimum atomic E-state index is -4.43. The highest BCUT2D eigenvalue weighted by Crippen LogP contribution is 2.30. The van der Waals surface area contributed by atoms with Crippen molar-refractivity contribution in [2.75, 3.05) is 0 Å². The van der Waals surface area contributed by atoms with E-state index in [9.17, 15) is 22.8 Å². The Morgan fingerprint density at radius 3 is 2.62 bits per heavy atom. The molecule has 1 unspecified atom stereocenters. The third-order valence-electron chi connectivity index (χ3n) is 3.47. The van der Waals surface area contributed by atoms with Gasteiger partial charge in [-0.3, -0.25) is 9.59 Å². The largest absolute Gasteiger partial charge is 0.416 e. The van der Waals surface area contributed by atoms with Crippen LogP contribution in [0.2, 0.25) is 0 Å². The van der Waals surface area contributed by atoms with Gasteiger partial charge >= 0.3 is 6.18 Å². The van der Waals surface area contributed by atoms with E-state index in [1.807, 2.05) is 0 Å². The van der Waals surface area contributed by atoms with Gasteiger partial charge in [0.1, 0.15) is 0 Å². The van der Waals surface area contributed by atoms with Gasteiger partial charge in [-0.15, -0.1) is 0 Å². The van der Waals surface area contributed by atoms with E-state index in [2.05, 4.69) is 5.32 Å². The Morgan fingerprint density at radius 1 is 1.33 bits per heavy atom. The smallest absolute Gasteiger partial charge is 0.346 e. The van der Waals surface area contributed by atoms with Crippen molar-refractivity contribution >= 4 is 11.7 Å². The van der Waals surface area contributed by atoms with E-state index >= 15 is 0 Å². The average Bonchev–Trinajstić information content (AvgIpc) is 2.73. The second-order valence-corrected chi connectivity index (χ2v) is 5.36. The van der Waals surface area contributed by atoms with E-state index < -0.39 is 23.7 Å². The predicted molar refractivity (Wildman–Crippen MR) is 70.7 cm³/mol. The zero-order valence-corrected chi connectivity index (χ0v) is 11.6. The van der Waals surface area contributed by atoms with Crippen molar-refractivity contribution in [1.29, 1.82) is 0 Å². The third-order valence-corrected chi connectivity index (χ3v) is 3.47. The molecule has 1 fully saturated rings. The van der Waals surface area contributed by atoms with E-state index in [0.717, 1.165) is 18.6 Å². The number of amides is 1. The van der Waals surface area contributed by atoms with Gasteiger partial charge in [-0.2, -0.15) is 13.2 Å². The lowest BCUT2D eigenvalue weighted by Crippen LogP contribution is -2.38. The molecule has 114 valence electrons. The second-order valence-electron chi connectivity index (χ2n) is 5.36. The van der Waals surface area contributed by atoms with Crippen LogP contribution in [0.3, 0.4) is 0 Å². The normalized spacial score (nSPS) is 18.9. The number of aryl methyl sites for hydroxylation is 1. The Bertz CT molecular complexity index is 567. The van der Waals surface area contributed by atoms with Gasteiger partial charge in [0, 0.05) is 6.42 Å². The summed E-state index contributed by atoms with van der Waals surface area (Å²) >= 11 is 0. The fourth-order valence-corrected chi connectivity index (χ4v) is 2.53. The van der Waals surface area contributed by atoms with Crippen LogP contribution in [-0.4, -0.2) is 17.7 Å². The predicted octanol–water partition coefficient (Wildman–Crippen LogP) is 2.79. The van der Waals surface area contributed by atoms with E-state index in [0.29, 0.717) is 24.0 Å². The van der Waals surface area contributed by atoms with Crippen LogP contribution < -0.4 is 5.32 Å². The van der Waals surface area contributed by atoms with Gasteiger partial charge in [0.15, 0.2) is 5.78 Å². The first-order chi connectivity index (χ1) is 9.75. The standard InChI is InChI=1S/C15H16F3NO2/c1-9-5-10(7-11(6-9)15(16,17)18)8-14(21)19-12-3-2-4-13(12)20/h5-7,12H,2-4,8H2,1H3,(H,19,21). The minimum absolute atomic E-state index is 0.0106. The molecule has 0 bridgehead atoms. The molecule has 1 saturated carbocycles. The summed E-state index contributed by atoms with van der Waals surface area (Å²) in [5, 5.41) is 2.59. The molecule has 0 aromatic heterocycles. The van der Waals surface area contributed by atoms with Gasteiger partial charge in [0.25, 0.3) is 0 Å². The van der Waals surface area contributed by atoms with Gasteiger partial charge in [-0.25, -0.2) is 0 Å². The van der Waals surface area contributed by atoms with Gasteiger partial charge < -0.3 is 5.32 Å². The SMILES string of the molecule is Cc1cc(CC(=O)NC2CCCC2=O)cc(C(F)(F)F)c1. The molecule has 1 N–H and O–H groups in total. The van der Waals surface area contributed by atoms with Crippen LogP contribution in [0, 0.1) is 6.92 Å². The van der Waals surface area contributed by atoms with Crippen molar-refractivity contribution in [2.24, 2.45) is 0 Å². The Morgan fingerprint density at radius 2 is 2.05 bits per heavy atom. The fraction of sp³-hybridized carbons (Fsp3) is 0.467. The van der Waals surface area contributed by atoms with Crippen LogP contribution in [0.25, 0.3) is 0 Å². The van der Waals surface area contributed by atoms with E-state index in [1.165, 1.54) is 0 Å². The van der Waals surface area contributed by atoms with Crippen LogP contribution in [0.5, 0.6) is 0 Å². The zero-order valence-electron chi connectivity index (χ0n) is 11.6. The quantitative estimate of drug-likeness (QED) is 0.933. The summed E-state index contributed by atoms with van der Waals surface area (Å²) in [5.41, 5.74) is -0.0166. The number of Topliss-reactive ketones (excluding diaryl/α,β-unsaturated/α-hetero) is 1. The maximum Gasteiger partial charge on any atom is 0.416 e. The van der Waals surface area contributed by atoms with Crippen LogP contribution in [0.15, 0.2) is 18.2 Å². The maximum atomic E-state index is 12.7. The fourth-order valence-electron chi connectivity index (χ4n) is 2.53. The highest BCUT2D eigenvalue weighted by atomic mass is 19.4. The molecule has 0 spiro atoms. The first-order valence-corrected chi connectivity index (χ1v) is 6.75. The van der Waals surface area contributed by atoms with E-state index in [1.54, 1.807) is 13.0 Å². The molecule has 1 aromatic carbocycles. The molecule has 0 radical (unpaired) electrons. The molecule has 0 saturated heterocycles. The van der Waals surface area contributed by atoms with Crippen molar-refractivity contribution in [3.63, 3.8) is 0 Å².